The van der Waals surface area contributed by atoms with Crippen LogP contribution in [-0.2, 0) is 14.4 Å². The average Bonchev–Trinajstić information content (AvgIpc) is 2.64. The Labute approximate surface area is 168 Å². The van der Waals surface area contributed by atoms with Crippen LogP contribution < -0.4 is 15.0 Å². The molecule has 2 aromatic rings. The maximum Gasteiger partial charge on any atom is 0.341 e. The van der Waals surface area contributed by atoms with Crippen molar-refractivity contribution in [1.82, 2.24) is 5.32 Å². The number of carbonyl (C=O) groups excluding carboxylic acids is 3. The third kappa shape index (κ3) is 4.41. The molecule has 0 saturated carbocycles. The number of halogens is 2. The number of imide groups is 2. The van der Waals surface area contributed by atoms with Crippen LogP contribution in [0.4, 0.5) is 14.9 Å². The molecule has 2 aromatic carbocycles. The molecule has 1 saturated heterocycles. The number of urea groups is 1. The third-order valence-electron chi connectivity index (χ3n) is 3.79. The molecule has 0 spiro atoms. The molecule has 0 unspecified atom stereocenters. The van der Waals surface area contributed by atoms with Gasteiger partial charge in [-0.15, -0.1) is 0 Å². The summed E-state index contributed by atoms with van der Waals surface area (Å²) in [6.45, 7) is -0.592. The number of barbiturate groups is 1. The molecule has 0 radical (unpaired) electrons. The maximum absolute atomic E-state index is 13.5. The van der Waals surface area contributed by atoms with Crippen molar-refractivity contribution >= 4 is 47.2 Å². The topological polar surface area (TPSA) is 113 Å². The van der Waals surface area contributed by atoms with Crippen LogP contribution in [0.2, 0.25) is 5.02 Å². The molecule has 3 rings (SSSR count). The van der Waals surface area contributed by atoms with E-state index in [0.717, 1.165) is 12.1 Å². The number of benzene rings is 2. The quantitative estimate of drug-likeness (QED) is 0.570. The summed E-state index contributed by atoms with van der Waals surface area (Å²) in [6.07, 6.45) is 1.20. The molecule has 0 bridgehead atoms. The Balaban J connectivity index is 1.92. The predicted octanol–water partition coefficient (Wildman–Crippen LogP) is 2.61. The highest BCUT2D eigenvalue weighted by Gasteiger charge is 2.36. The van der Waals surface area contributed by atoms with E-state index in [1.165, 1.54) is 36.4 Å². The zero-order chi connectivity index (χ0) is 21.1. The lowest BCUT2D eigenvalue weighted by Crippen LogP contribution is -2.54. The second kappa shape index (κ2) is 8.11. The lowest BCUT2D eigenvalue weighted by molar-refractivity contribution is -0.139. The highest BCUT2D eigenvalue weighted by Crippen LogP contribution is 2.28. The summed E-state index contributed by atoms with van der Waals surface area (Å²) in [7, 11) is 0. The number of aliphatic carboxylic acids is 1. The molecule has 29 heavy (non-hydrogen) atoms. The van der Waals surface area contributed by atoms with Gasteiger partial charge in [0.2, 0.25) is 0 Å². The van der Waals surface area contributed by atoms with Crippen molar-refractivity contribution in [2.75, 3.05) is 11.5 Å². The normalized spacial score (nSPS) is 15.4. The number of carboxylic acids is 1. The van der Waals surface area contributed by atoms with E-state index in [-0.39, 0.29) is 22.0 Å². The van der Waals surface area contributed by atoms with Gasteiger partial charge in [-0.1, -0.05) is 23.7 Å². The lowest BCUT2D eigenvalue weighted by atomic mass is 10.1. The number of hydrogen-bond donors (Lipinski definition) is 2. The van der Waals surface area contributed by atoms with E-state index in [9.17, 15) is 23.6 Å². The number of ether oxygens (including phenoxy) is 1. The highest BCUT2D eigenvalue weighted by atomic mass is 35.5. The molecule has 1 aliphatic rings. The molecule has 1 aliphatic heterocycles. The smallest absolute Gasteiger partial charge is 0.341 e. The summed E-state index contributed by atoms with van der Waals surface area (Å²) in [5, 5.41) is 10.7. The highest BCUT2D eigenvalue weighted by molar-refractivity contribution is 6.39. The van der Waals surface area contributed by atoms with E-state index in [2.05, 4.69) is 0 Å². The standard InChI is InChI=1S/C19H12ClFN2O6/c20-14-7-10(4-5-15(14)29-9-16(24)25)6-13-17(26)22-19(28)23(18(13)27)12-3-1-2-11(21)8-12/h1-8H,9H2,(H,24,25)(H,22,26,28). The van der Waals surface area contributed by atoms with Crippen LogP contribution in [0.5, 0.6) is 5.75 Å². The summed E-state index contributed by atoms with van der Waals surface area (Å²) >= 11 is 6.03. The number of carbonyl (C=O) groups is 4. The number of nitrogens with one attached hydrogen (secondary N) is 1. The van der Waals surface area contributed by atoms with Crippen molar-refractivity contribution < 1.29 is 33.4 Å². The Hall–Kier alpha value is -3.72. The molecule has 10 heteroatoms. The molecule has 1 heterocycles. The lowest BCUT2D eigenvalue weighted by Gasteiger charge is -2.26. The summed E-state index contributed by atoms with van der Waals surface area (Å²) in [5.74, 6) is -3.60. The van der Waals surface area contributed by atoms with Gasteiger partial charge in [0.15, 0.2) is 6.61 Å². The summed E-state index contributed by atoms with van der Waals surface area (Å²) in [5.41, 5.74) is -0.0878. The zero-order valence-electron chi connectivity index (χ0n) is 14.5. The van der Waals surface area contributed by atoms with E-state index in [1.54, 1.807) is 0 Å². The summed E-state index contributed by atoms with van der Waals surface area (Å²) in [4.78, 5) is 48.2. The summed E-state index contributed by atoms with van der Waals surface area (Å²) < 4.78 is 18.5. The number of amides is 4. The molecular formula is C19H12ClFN2O6. The van der Waals surface area contributed by atoms with Gasteiger partial charge >= 0.3 is 12.0 Å². The van der Waals surface area contributed by atoms with Crippen LogP contribution >= 0.6 is 11.6 Å². The first kappa shape index (κ1) is 20.0. The molecule has 0 aromatic heterocycles. The van der Waals surface area contributed by atoms with Gasteiger partial charge in [0.1, 0.15) is 17.1 Å². The second-order valence-corrected chi connectivity index (χ2v) is 6.22. The molecule has 8 nitrogen and oxygen atoms in total. The van der Waals surface area contributed by atoms with E-state index < -0.39 is 36.2 Å². The Morgan fingerprint density at radius 3 is 2.62 bits per heavy atom. The molecular weight excluding hydrogens is 407 g/mol. The number of rotatable bonds is 5. The molecule has 2 N–H and O–H groups in total. The van der Waals surface area contributed by atoms with Crippen molar-refractivity contribution in [3.8, 4) is 5.75 Å². The van der Waals surface area contributed by atoms with E-state index in [0.29, 0.717) is 10.5 Å². The minimum absolute atomic E-state index is 0.0404. The predicted molar refractivity (Wildman–Crippen MR) is 100.0 cm³/mol. The van der Waals surface area contributed by atoms with Gasteiger partial charge in [-0.2, -0.15) is 0 Å². The van der Waals surface area contributed by atoms with Gasteiger partial charge in [0.25, 0.3) is 11.8 Å². The molecule has 0 aliphatic carbocycles. The fourth-order valence-corrected chi connectivity index (χ4v) is 2.78. The Bertz CT molecular complexity index is 1070. The van der Waals surface area contributed by atoms with Crippen LogP contribution in [-0.4, -0.2) is 35.5 Å². The summed E-state index contributed by atoms with van der Waals surface area (Å²) in [6, 6.07) is 7.97. The third-order valence-corrected chi connectivity index (χ3v) is 4.08. The van der Waals surface area contributed by atoms with Crippen molar-refractivity contribution in [2.45, 2.75) is 0 Å². The van der Waals surface area contributed by atoms with Gasteiger partial charge in [0, 0.05) is 0 Å². The van der Waals surface area contributed by atoms with Crippen molar-refractivity contribution in [3.63, 3.8) is 0 Å². The number of anilines is 1. The van der Waals surface area contributed by atoms with Gasteiger partial charge in [-0.3, -0.25) is 14.9 Å². The minimum atomic E-state index is -1.18. The fraction of sp³-hybridized carbons (Fsp3) is 0.0526. The van der Waals surface area contributed by atoms with Gasteiger partial charge in [-0.05, 0) is 42.0 Å². The first-order valence-electron chi connectivity index (χ1n) is 8.07. The molecule has 148 valence electrons. The zero-order valence-corrected chi connectivity index (χ0v) is 15.3. The van der Waals surface area contributed by atoms with Crippen molar-refractivity contribution in [2.24, 2.45) is 0 Å². The first-order valence-corrected chi connectivity index (χ1v) is 8.45. The van der Waals surface area contributed by atoms with Gasteiger partial charge in [-0.25, -0.2) is 18.9 Å². The minimum Gasteiger partial charge on any atom is -0.480 e. The fourth-order valence-electron chi connectivity index (χ4n) is 2.54. The van der Waals surface area contributed by atoms with Crippen LogP contribution in [0.3, 0.4) is 0 Å². The average molecular weight is 419 g/mol. The second-order valence-electron chi connectivity index (χ2n) is 5.81. The molecule has 0 atom stereocenters. The maximum atomic E-state index is 13.5. The first-order chi connectivity index (χ1) is 13.8. The molecule has 4 amide bonds. The number of carboxylic acid groups (broad SMARTS) is 1. The van der Waals surface area contributed by atoms with E-state index in [4.69, 9.17) is 21.4 Å². The Kier molecular flexibility index (Phi) is 5.60. The van der Waals surface area contributed by atoms with Crippen LogP contribution in [0.15, 0.2) is 48.0 Å². The Morgan fingerprint density at radius 2 is 1.97 bits per heavy atom. The van der Waals surface area contributed by atoms with Crippen molar-refractivity contribution in [1.29, 1.82) is 0 Å². The monoisotopic (exact) mass is 418 g/mol. The van der Waals surface area contributed by atoms with Crippen LogP contribution in [0, 0.1) is 5.82 Å². The van der Waals surface area contributed by atoms with Gasteiger partial charge < -0.3 is 9.84 Å². The number of nitrogens with zero attached hydrogens (tertiary/aromatic N) is 1. The SMILES string of the molecule is O=C(O)COc1ccc(C=C2C(=O)NC(=O)N(c3cccc(F)c3)C2=O)cc1Cl. The number of hydrogen-bond acceptors (Lipinski definition) is 5. The Morgan fingerprint density at radius 1 is 1.21 bits per heavy atom. The van der Waals surface area contributed by atoms with E-state index in [1.807, 2.05) is 5.32 Å². The van der Waals surface area contributed by atoms with E-state index >= 15 is 0 Å². The van der Waals surface area contributed by atoms with Crippen LogP contribution in [0.25, 0.3) is 6.08 Å². The van der Waals surface area contributed by atoms with Crippen LogP contribution in [0.1, 0.15) is 5.56 Å². The van der Waals surface area contributed by atoms with Gasteiger partial charge in [0.05, 0.1) is 10.7 Å². The largest absolute Gasteiger partial charge is 0.480 e. The molecule has 1 fully saturated rings. The van der Waals surface area contributed by atoms with Crippen molar-refractivity contribution in [3.05, 3.63) is 64.4 Å².